The molecule has 4 atom stereocenters. The molecular weight excluding hydrogens is 264 g/mol. The molecule has 0 unspecified atom stereocenters. The van der Waals surface area contributed by atoms with Crippen LogP contribution in [0.1, 0.15) is 0 Å². The maximum absolute atomic E-state index is 10.6. The maximum atomic E-state index is 10.6. The minimum atomic E-state index is -2.06. The van der Waals surface area contributed by atoms with E-state index in [1.54, 1.807) is 0 Å². The van der Waals surface area contributed by atoms with Gasteiger partial charge in [-0.25, -0.2) is 4.79 Å². The third kappa shape index (κ3) is 3.31. The van der Waals surface area contributed by atoms with Gasteiger partial charge in [0.2, 0.25) is 0 Å². The van der Waals surface area contributed by atoms with Crippen LogP contribution in [0.5, 0.6) is 0 Å². The minimum Gasteiger partial charge on any atom is -0.387 e. The average Bonchev–Trinajstić information content (AvgIpc) is 2.23. The molecule has 0 rings (SSSR count). The molecule has 0 aromatic carbocycles. The molecule has 0 heterocycles. The zero-order valence-electron chi connectivity index (χ0n) is 6.78. The summed E-state index contributed by atoms with van der Waals surface area (Å²) in [7, 11) is 0. The molecule has 0 aromatic heterocycles. The monoisotopic (exact) mass is 272 g/mol. The lowest BCUT2D eigenvalue weighted by molar-refractivity contribution is -0.159. The van der Waals surface area contributed by atoms with E-state index >= 15 is 0 Å². The molecule has 0 saturated carbocycles. The third-order valence-corrected chi connectivity index (χ3v) is 1.80. The lowest BCUT2D eigenvalue weighted by atomic mass is 10.0. The van der Waals surface area contributed by atoms with Gasteiger partial charge in [0.25, 0.3) is 0 Å². The van der Waals surface area contributed by atoms with Crippen molar-refractivity contribution in [3.63, 3.8) is 0 Å². The Balaban J connectivity index is 4.37. The first-order chi connectivity index (χ1) is 6.45. The molecule has 82 valence electrons. The first kappa shape index (κ1) is 13.5. The second-order valence-corrected chi connectivity index (χ2v) is 2.77. The Morgan fingerprint density at radius 2 is 1.71 bits per heavy atom. The van der Waals surface area contributed by atoms with E-state index in [0.717, 1.165) is 0 Å². The summed E-state index contributed by atoms with van der Waals surface area (Å²) < 4.78 is 3.88. The van der Waals surface area contributed by atoms with Crippen LogP contribution in [-0.4, -0.2) is 57.1 Å². The highest BCUT2D eigenvalue weighted by atomic mass is 79.9. The van der Waals surface area contributed by atoms with E-state index in [0.29, 0.717) is 0 Å². The van der Waals surface area contributed by atoms with Gasteiger partial charge in [0.1, 0.15) is 18.3 Å². The van der Waals surface area contributed by atoms with Gasteiger partial charge in [-0.2, -0.15) is 0 Å². The Kier molecular flexibility index (Phi) is 5.81. The summed E-state index contributed by atoms with van der Waals surface area (Å²) in [6, 6.07) is 0. The first-order valence-corrected chi connectivity index (χ1v) is 4.10. The number of rotatable bonds is 5. The molecule has 14 heavy (non-hydrogen) atoms. The van der Waals surface area contributed by atoms with Crippen LogP contribution in [0.15, 0.2) is 0 Å². The lowest BCUT2D eigenvalue weighted by Crippen LogP contribution is -2.48. The fourth-order valence-corrected chi connectivity index (χ4v) is 0.846. The predicted octanol–water partition coefficient (Wildman–Crippen LogP) is -2.52. The van der Waals surface area contributed by atoms with Gasteiger partial charge in [0, 0.05) is 0 Å². The van der Waals surface area contributed by atoms with Crippen LogP contribution >= 0.6 is 16.3 Å². The maximum Gasteiger partial charge on any atom is 0.349 e. The number of aliphatic hydroxyl groups is 4. The number of carbonyl (C=O) groups is 2. The number of halogens is 1. The third-order valence-electron chi connectivity index (χ3n) is 1.48. The second kappa shape index (κ2) is 6.04. The molecule has 0 spiro atoms. The molecule has 0 bridgehead atoms. The predicted molar refractivity (Wildman–Crippen MR) is 45.1 cm³/mol. The zero-order valence-corrected chi connectivity index (χ0v) is 8.36. The van der Waals surface area contributed by atoms with Gasteiger partial charge in [-0.3, -0.25) is 0 Å². The van der Waals surface area contributed by atoms with Gasteiger partial charge in [-0.05, 0) is 0 Å². The summed E-state index contributed by atoms with van der Waals surface area (Å²) in [6.07, 6.45) is -7.96. The molecule has 0 fully saturated rings. The van der Waals surface area contributed by atoms with Gasteiger partial charge >= 0.3 is 5.97 Å². The highest BCUT2D eigenvalue weighted by molar-refractivity contribution is 9.06. The van der Waals surface area contributed by atoms with Crippen LogP contribution in [0.3, 0.4) is 0 Å². The van der Waals surface area contributed by atoms with Crippen molar-refractivity contribution in [2.24, 2.45) is 0 Å². The fourth-order valence-electron chi connectivity index (χ4n) is 0.654. The molecule has 7 nitrogen and oxygen atoms in total. The minimum absolute atomic E-state index is 0.0416. The quantitative estimate of drug-likeness (QED) is 0.407. The highest BCUT2D eigenvalue weighted by Crippen LogP contribution is 2.06. The number of carbonyl (C=O) groups excluding carboxylic acids is 2. The summed E-state index contributed by atoms with van der Waals surface area (Å²) in [6.45, 7) is 0. The van der Waals surface area contributed by atoms with Crippen LogP contribution in [0, 0.1) is 0 Å². The molecule has 0 radical (unpaired) electrons. The van der Waals surface area contributed by atoms with Crippen molar-refractivity contribution in [1.82, 2.24) is 0 Å². The van der Waals surface area contributed by atoms with Crippen molar-refractivity contribution in [1.29, 1.82) is 0 Å². The van der Waals surface area contributed by atoms with E-state index in [2.05, 4.69) is 20.1 Å². The van der Waals surface area contributed by atoms with Crippen molar-refractivity contribution >= 4 is 28.5 Å². The topological polar surface area (TPSA) is 124 Å². The molecule has 0 aliphatic carbocycles. The van der Waals surface area contributed by atoms with E-state index in [9.17, 15) is 9.59 Å². The van der Waals surface area contributed by atoms with Crippen molar-refractivity contribution in [3.8, 4) is 0 Å². The van der Waals surface area contributed by atoms with E-state index < -0.39 is 30.4 Å². The highest BCUT2D eigenvalue weighted by Gasteiger charge is 2.35. The van der Waals surface area contributed by atoms with Crippen molar-refractivity contribution < 1.29 is 33.8 Å². The SMILES string of the molecule is O=C[C@H](O)[C@@H](O)[C@H](O)[C@H](O)C(=O)OBr. The van der Waals surface area contributed by atoms with E-state index in [-0.39, 0.29) is 6.29 Å². The first-order valence-electron chi connectivity index (χ1n) is 3.45. The molecule has 0 aliphatic heterocycles. The van der Waals surface area contributed by atoms with E-state index in [1.165, 1.54) is 0 Å². The molecule has 0 aromatic rings. The number of aliphatic hydroxyl groups excluding tert-OH is 4. The Hall–Kier alpha value is -0.540. The van der Waals surface area contributed by atoms with Crippen molar-refractivity contribution in [2.45, 2.75) is 24.4 Å². The summed E-state index contributed by atoms with van der Waals surface area (Å²) in [4.78, 5) is 20.6. The Labute approximate surface area is 87.4 Å². The van der Waals surface area contributed by atoms with Crippen molar-refractivity contribution in [2.75, 3.05) is 0 Å². The molecule has 8 heteroatoms. The standard InChI is InChI=1S/C6H9BrO7/c7-14-6(13)5(12)4(11)3(10)2(9)1-8/h1-5,9-12H/t2-,3+,4-,5-/m0/s1. The zero-order chi connectivity index (χ0) is 11.3. The number of aldehydes is 1. The van der Waals surface area contributed by atoms with Gasteiger partial charge in [-0.15, -0.1) is 0 Å². The van der Waals surface area contributed by atoms with Crippen LogP contribution in [0.25, 0.3) is 0 Å². The molecular formula is C6H9BrO7. The Bertz CT molecular complexity index is 208. The summed E-state index contributed by atoms with van der Waals surface area (Å²) in [5, 5.41) is 35.7. The summed E-state index contributed by atoms with van der Waals surface area (Å²) in [5.41, 5.74) is 0. The van der Waals surface area contributed by atoms with Crippen LogP contribution < -0.4 is 0 Å². The molecule has 0 saturated heterocycles. The average molecular weight is 273 g/mol. The fraction of sp³-hybridized carbons (Fsp3) is 0.667. The van der Waals surface area contributed by atoms with E-state index in [1.807, 2.05) is 0 Å². The smallest absolute Gasteiger partial charge is 0.349 e. The normalized spacial score (nSPS) is 19.2. The Morgan fingerprint density at radius 1 is 1.21 bits per heavy atom. The van der Waals surface area contributed by atoms with Crippen molar-refractivity contribution in [3.05, 3.63) is 0 Å². The second-order valence-electron chi connectivity index (χ2n) is 2.45. The molecule has 0 aliphatic rings. The largest absolute Gasteiger partial charge is 0.387 e. The van der Waals surface area contributed by atoms with Gasteiger partial charge in [-0.1, -0.05) is 0 Å². The van der Waals surface area contributed by atoms with Gasteiger partial charge in [0.05, 0.1) is 0 Å². The van der Waals surface area contributed by atoms with Gasteiger partial charge < -0.3 is 29.0 Å². The van der Waals surface area contributed by atoms with Gasteiger partial charge in [0.15, 0.2) is 28.6 Å². The lowest BCUT2D eigenvalue weighted by Gasteiger charge is -2.21. The summed E-state index contributed by atoms with van der Waals surface area (Å²) in [5.74, 6) is -1.25. The van der Waals surface area contributed by atoms with E-state index in [4.69, 9.17) is 20.4 Å². The molecule has 4 N–H and O–H groups in total. The van der Waals surface area contributed by atoms with Crippen LogP contribution in [0.2, 0.25) is 0 Å². The number of hydrogen-bond acceptors (Lipinski definition) is 7. The number of hydrogen-bond donors (Lipinski definition) is 4. The molecule has 0 amide bonds. The summed E-state index contributed by atoms with van der Waals surface area (Å²) >= 11 is 2.25. The Morgan fingerprint density at radius 3 is 2.07 bits per heavy atom. The van der Waals surface area contributed by atoms with Crippen LogP contribution in [0.4, 0.5) is 0 Å². The van der Waals surface area contributed by atoms with Crippen LogP contribution in [-0.2, 0) is 13.4 Å².